The number of sulfonamides is 1. The standard InChI is InChI=1S/C14H17ClN2O3S/c15-13-4-2-1-3-10(13)9-21(19,20)16-11-7-14(18)17(8-11)12-5-6-12/h1-4,11-12,16H,5-9H2. The second-order valence-corrected chi connectivity index (χ2v) is 7.81. The van der Waals surface area contributed by atoms with Gasteiger partial charge in [0.25, 0.3) is 0 Å². The van der Waals surface area contributed by atoms with Crippen LogP contribution in [0.4, 0.5) is 0 Å². The first-order valence-electron chi connectivity index (χ1n) is 6.97. The third-order valence-electron chi connectivity index (χ3n) is 3.80. The van der Waals surface area contributed by atoms with Crippen LogP contribution < -0.4 is 4.72 Å². The number of carbonyl (C=O) groups is 1. The van der Waals surface area contributed by atoms with Gasteiger partial charge < -0.3 is 4.90 Å². The summed E-state index contributed by atoms with van der Waals surface area (Å²) in [6, 6.07) is 6.87. The van der Waals surface area contributed by atoms with Crippen LogP contribution in [0.3, 0.4) is 0 Å². The van der Waals surface area contributed by atoms with E-state index in [2.05, 4.69) is 4.72 Å². The number of halogens is 1. The van der Waals surface area contributed by atoms with E-state index in [1.807, 2.05) is 0 Å². The monoisotopic (exact) mass is 328 g/mol. The maximum absolute atomic E-state index is 12.2. The molecule has 1 heterocycles. The number of amides is 1. The van der Waals surface area contributed by atoms with Crippen LogP contribution in [-0.2, 0) is 20.6 Å². The van der Waals surface area contributed by atoms with Gasteiger partial charge in [0.1, 0.15) is 0 Å². The minimum atomic E-state index is -3.51. The largest absolute Gasteiger partial charge is 0.338 e. The summed E-state index contributed by atoms with van der Waals surface area (Å²) in [5, 5.41) is 0.435. The van der Waals surface area contributed by atoms with Gasteiger partial charge in [-0.15, -0.1) is 0 Å². The fourth-order valence-electron chi connectivity index (χ4n) is 2.67. The molecule has 3 rings (SSSR count). The zero-order chi connectivity index (χ0) is 15.0. The molecule has 1 saturated heterocycles. The van der Waals surface area contributed by atoms with E-state index in [0.717, 1.165) is 12.8 Å². The van der Waals surface area contributed by atoms with Crippen molar-refractivity contribution in [3.8, 4) is 0 Å². The van der Waals surface area contributed by atoms with Crippen molar-refractivity contribution < 1.29 is 13.2 Å². The third-order valence-corrected chi connectivity index (χ3v) is 5.55. The molecule has 5 nitrogen and oxygen atoms in total. The van der Waals surface area contributed by atoms with Crippen LogP contribution >= 0.6 is 11.6 Å². The van der Waals surface area contributed by atoms with Crippen LogP contribution in [0, 0.1) is 0 Å². The molecular weight excluding hydrogens is 312 g/mol. The molecule has 1 aromatic rings. The normalized spacial score (nSPS) is 22.8. The molecule has 1 unspecified atom stereocenters. The quantitative estimate of drug-likeness (QED) is 0.891. The number of hydrogen-bond acceptors (Lipinski definition) is 3. The predicted molar refractivity (Wildman–Crippen MR) is 80.4 cm³/mol. The Bertz CT molecular complexity index is 658. The van der Waals surface area contributed by atoms with Crippen molar-refractivity contribution in [1.82, 2.24) is 9.62 Å². The lowest BCUT2D eigenvalue weighted by molar-refractivity contribution is -0.128. The molecule has 2 aliphatic rings. The lowest BCUT2D eigenvalue weighted by Gasteiger charge is -2.16. The highest BCUT2D eigenvalue weighted by Gasteiger charge is 2.40. The fraction of sp³-hybridized carbons (Fsp3) is 0.500. The molecule has 2 fully saturated rings. The van der Waals surface area contributed by atoms with E-state index < -0.39 is 10.0 Å². The van der Waals surface area contributed by atoms with E-state index in [1.165, 1.54) is 0 Å². The molecule has 0 bridgehead atoms. The Morgan fingerprint density at radius 2 is 2.00 bits per heavy atom. The van der Waals surface area contributed by atoms with Gasteiger partial charge in [-0.3, -0.25) is 4.79 Å². The van der Waals surface area contributed by atoms with E-state index in [1.54, 1.807) is 29.2 Å². The van der Waals surface area contributed by atoms with Crippen LogP contribution in [0.25, 0.3) is 0 Å². The Morgan fingerprint density at radius 3 is 2.67 bits per heavy atom. The number of likely N-dealkylation sites (tertiary alicyclic amines) is 1. The van der Waals surface area contributed by atoms with E-state index in [-0.39, 0.29) is 24.1 Å². The minimum Gasteiger partial charge on any atom is -0.338 e. The van der Waals surface area contributed by atoms with Crippen LogP contribution in [0.2, 0.25) is 5.02 Å². The van der Waals surface area contributed by atoms with Gasteiger partial charge in [-0.1, -0.05) is 29.8 Å². The Hall–Kier alpha value is -1.11. The summed E-state index contributed by atoms with van der Waals surface area (Å²) in [5.74, 6) is -0.121. The second kappa shape index (κ2) is 5.59. The average molecular weight is 329 g/mol. The molecule has 1 aliphatic heterocycles. The maximum Gasteiger partial charge on any atom is 0.224 e. The highest BCUT2D eigenvalue weighted by Crippen LogP contribution is 2.30. The van der Waals surface area contributed by atoms with Gasteiger partial charge in [-0.05, 0) is 24.5 Å². The number of nitrogens with zero attached hydrogens (tertiary/aromatic N) is 1. The molecule has 1 aliphatic carbocycles. The molecule has 114 valence electrons. The molecule has 21 heavy (non-hydrogen) atoms. The first-order chi connectivity index (χ1) is 9.94. The molecule has 1 saturated carbocycles. The molecule has 0 radical (unpaired) electrons. The minimum absolute atomic E-state index is 0.0444. The number of benzene rings is 1. The van der Waals surface area contributed by atoms with Gasteiger partial charge in [0, 0.05) is 30.1 Å². The van der Waals surface area contributed by atoms with Gasteiger partial charge in [0.15, 0.2) is 0 Å². The van der Waals surface area contributed by atoms with Gasteiger partial charge in [-0.25, -0.2) is 13.1 Å². The molecule has 1 aromatic carbocycles. The number of hydrogen-bond donors (Lipinski definition) is 1. The highest BCUT2D eigenvalue weighted by molar-refractivity contribution is 7.88. The van der Waals surface area contributed by atoms with Crippen LogP contribution in [0.5, 0.6) is 0 Å². The van der Waals surface area contributed by atoms with Crippen molar-refractivity contribution in [2.45, 2.75) is 37.1 Å². The summed E-state index contributed by atoms with van der Waals surface area (Å²) >= 11 is 5.99. The van der Waals surface area contributed by atoms with Crippen LogP contribution in [0.15, 0.2) is 24.3 Å². The van der Waals surface area contributed by atoms with Crippen LogP contribution in [-0.4, -0.2) is 37.9 Å². The van der Waals surface area contributed by atoms with Crippen molar-refractivity contribution in [2.75, 3.05) is 6.54 Å². The van der Waals surface area contributed by atoms with Crippen LogP contribution in [0.1, 0.15) is 24.8 Å². The van der Waals surface area contributed by atoms with Gasteiger partial charge in [-0.2, -0.15) is 0 Å². The number of rotatable bonds is 5. The third kappa shape index (κ3) is 3.56. The Labute approximate surface area is 129 Å². The van der Waals surface area contributed by atoms with Gasteiger partial charge in [0.2, 0.25) is 15.9 Å². The zero-order valence-corrected chi connectivity index (χ0v) is 13.0. The predicted octanol–water partition coefficient (Wildman–Crippen LogP) is 1.52. The van der Waals surface area contributed by atoms with Crippen molar-refractivity contribution in [1.29, 1.82) is 0 Å². The smallest absolute Gasteiger partial charge is 0.224 e. The van der Waals surface area contributed by atoms with Crippen molar-refractivity contribution >= 4 is 27.5 Å². The van der Waals surface area contributed by atoms with E-state index in [9.17, 15) is 13.2 Å². The summed E-state index contributed by atoms with van der Waals surface area (Å²) in [4.78, 5) is 13.6. The van der Waals surface area contributed by atoms with Crippen molar-refractivity contribution in [3.63, 3.8) is 0 Å². The first kappa shape index (κ1) is 14.8. The van der Waals surface area contributed by atoms with Gasteiger partial charge >= 0.3 is 0 Å². The van der Waals surface area contributed by atoms with Gasteiger partial charge in [0.05, 0.1) is 5.75 Å². The molecule has 0 aromatic heterocycles. The van der Waals surface area contributed by atoms with Crippen molar-refractivity contribution in [2.24, 2.45) is 0 Å². The van der Waals surface area contributed by atoms with E-state index >= 15 is 0 Å². The molecule has 1 amide bonds. The Kier molecular flexibility index (Phi) is 3.94. The maximum atomic E-state index is 12.2. The highest BCUT2D eigenvalue weighted by atomic mass is 35.5. The number of nitrogens with one attached hydrogen (secondary N) is 1. The SMILES string of the molecule is O=C1CC(NS(=O)(=O)Cc2ccccc2Cl)CN1C1CC1. The summed E-state index contributed by atoms with van der Waals surface area (Å²) in [6.07, 6.45) is 2.31. The fourth-order valence-corrected chi connectivity index (χ4v) is 4.36. The molecule has 1 atom stereocenters. The summed E-state index contributed by atoms with van der Waals surface area (Å²) in [6.45, 7) is 0.477. The second-order valence-electron chi connectivity index (χ2n) is 5.65. The van der Waals surface area contributed by atoms with E-state index in [4.69, 9.17) is 11.6 Å². The number of carbonyl (C=O) groups excluding carboxylic acids is 1. The first-order valence-corrected chi connectivity index (χ1v) is 9.00. The Balaban J connectivity index is 1.64. The molecular formula is C14H17ClN2O3S. The summed E-state index contributed by atoms with van der Waals surface area (Å²) in [7, 11) is -3.51. The summed E-state index contributed by atoms with van der Waals surface area (Å²) < 4.78 is 27.0. The topological polar surface area (TPSA) is 66.5 Å². The van der Waals surface area contributed by atoms with E-state index in [0.29, 0.717) is 23.2 Å². The molecule has 0 spiro atoms. The Morgan fingerprint density at radius 1 is 1.29 bits per heavy atom. The lowest BCUT2D eigenvalue weighted by Crippen LogP contribution is -2.38. The van der Waals surface area contributed by atoms with Crippen molar-refractivity contribution in [3.05, 3.63) is 34.9 Å². The lowest BCUT2D eigenvalue weighted by atomic mass is 10.2. The molecule has 1 N–H and O–H groups in total. The summed E-state index contributed by atoms with van der Waals surface area (Å²) in [5.41, 5.74) is 0.565. The average Bonchev–Trinajstić information content (AvgIpc) is 3.17. The zero-order valence-electron chi connectivity index (χ0n) is 11.5. The molecule has 7 heteroatoms.